The third kappa shape index (κ3) is 4.46. The molecule has 0 fully saturated rings. The van der Waals surface area contributed by atoms with E-state index in [0.717, 1.165) is 11.3 Å². The largest absolute Gasteiger partial charge is 0.494 e. The molecular formula is C20H19ClFN3O2. The molecule has 0 saturated carbocycles. The van der Waals surface area contributed by atoms with Crippen molar-refractivity contribution in [3.63, 3.8) is 0 Å². The molecule has 1 N–H and O–H groups in total. The number of carbonyl (C=O) groups excluding carboxylic acids is 1. The van der Waals surface area contributed by atoms with Gasteiger partial charge in [0.2, 0.25) is 0 Å². The van der Waals surface area contributed by atoms with Crippen LogP contribution in [0.5, 0.6) is 5.75 Å². The fourth-order valence-electron chi connectivity index (χ4n) is 2.67. The number of hydrogen-bond acceptors (Lipinski definition) is 3. The van der Waals surface area contributed by atoms with E-state index in [0.29, 0.717) is 30.1 Å². The van der Waals surface area contributed by atoms with Crippen LogP contribution in [0.1, 0.15) is 28.5 Å². The van der Waals surface area contributed by atoms with Gasteiger partial charge in [-0.25, -0.2) is 9.07 Å². The van der Waals surface area contributed by atoms with Gasteiger partial charge in [-0.15, -0.1) is 0 Å². The standard InChI is InChI=1S/C20H19ClFN3O2/c1-3-27-17-10-8-16(9-11-17)23-20(26)18-13(2)24-25(19(18)21)12-14-4-6-15(22)7-5-14/h4-11H,3,12H2,1-2H3,(H,23,26). The van der Waals surface area contributed by atoms with Crippen molar-refractivity contribution in [2.75, 3.05) is 11.9 Å². The van der Waals surface area contributed by atoms with Gasteiger partial charge < -0.3 is 10.1 Å². The van der Waals surface area contributed by atoms with Crippen LogP contribution in [-0.2, 0) is 6.54 Å². The number of aryl methyl sites for hydroxylation is 1. The number of halogens is 2. The fourth-order valence-corrected chi connectivity index (χ4v) is 2.99. The first-order chi connectivity index (χ1) is 13.0. The highest BCUT2D eigenvalue weighted by Gasteiger charge is 2.20. The molecule has 0 unspecified atom stereocenters. The van der Waals surface area contributed by atoms with E-state index in [2.05, 4.69) is 10.4 Å². The number of amides is 1. The highest BCUT2D eigenvalue weighted by molar-refractivity contribution is 6.33. The average Bonchev–Trinajstić information content (AvgIpc) is 2.92. The van der Waals surface area contributed by atoms with Gasteiger partial charge in [0.15, 0.2) is 0 Å². The lowest BCUT2D eigenvalue weighted by atomic mass is 10.2. The Kier molecular flexibility index (Phi) is 5.76. The van der Waals surface area contributed by atoms with Gasteiger partial charge >= 0.3 is 0 Å². The summed E-state index contributed by atoms with van der Waals surface area (Å²) in [5.41, 5.74) is 2.29. The van der Waals surface area contributed by atoms with Crippen LogP contribution < -0.4 is 10.1 Å². The van der Waals surface area contributed by atoms with Crippen molar-refractivity contribution in [3.05, 3.63) is 76.3 Å². The van der Waals surface area contributed by atoms with Gasteiger partial charge in [0.1, 0.15) is 16.7 Å². The zero-order valence-electron chi connectivity index (χ0n) is 15.0. The Hall–Kier alpha value is -2.86. The summed E-state index contributed by atoms with van der Waals surface area (Å²) in [5, 5.41) is 7.39. The summed E-state index contributed by atoms with van der Waals surface area (Å²) in [6.07, 6.45) is 0. The first-order valence-corrected chi connectivity index (χ1v) is 8.87. The molecule has 0 atom stereocenters. The summed E-state index contributed by atoms with van der Waals surface area (Å²) in [4.78, 5) is 12.6. The molecule has 27 heavy (non-hydrogen) atoms. The average molecular weight is 388 g/mol. The molecule has 0 spiro atoms. The summed E-state index contributed by atoms with van der Waals surface area (Å²) < 4.78 is 20.0. The van der Waals surface area contributed by atoms with E-state index in [4.69, 9.17) is 16.3 Å². The lowest BCUT2D eigenvalue weighted by Gasteiger charge is -2.07. The zero-order valence-corrected chi connectivity index (χ0v) is 15.8. The number of benzene rings is 2. The maximum atomic E-state index is 13.0. The van der Waals surface area contributed by atoms with Crippen molar-refractivity contribution in [1.82, 2.24) is 9.78 Å². The van der Waals surface area contributed by atoms with E-state index in [1.807, 2.05) is 6.92 Å². The van der Waals surface area contributed by atoms with Crippen LogP contribution >= 0.6 is 11.6 Å². The van der Waals surface area contributed by atoms with E-state index in [-0.39, 0.29) is 16.9 Å². The Morgan fingerprint density at radius 3 is 2.48 bits per heavy atom. The maximum Gasteiger partial charge on any atom is 0.260 e. The molecule has 1 amide bonds. The molecule has 7 heteroatoms. The summed E-state index contributed by atoms with van der Waals surface area (Å²) in [7, 11) is 0. The minimum Gasteiger partial charge on any atom is -0.494 e. The SMILES string of the molecule is CCOc1ccc(NC(=O)c2c(C)nn(Cc3ccc(F)cc3)c2Cl)cc1. The number of aromatic nitrogens is 2. The van der Waals surface area contributed by atoms with Crippen LogP contribution in [0.4, 0.5) is 10.1 Å². The predicted molar refractivity (Wildman–Crippen MR) is 103 cm³/mol. The summed E-state index contributed by atoms with van der Waals surface area (Å²) in [6, 6.07) is 13.1. The molecule has 3 aromatic rings. The lowest BCUT2D eigenvalue weighted by molar-refractivity contribution is 0.102. The number of anilines is 1. The molecule has 2 aromatic carbocycles. The molecule has 0 radical (unpaired) electrons. The third-order valence-electron chi connectivity index (χ3n) is 3.96. The van der Waals surface area contributed by atoms with Crippen molar-refractivity contribution >= 4 is 23.2 Å². The van der Waals surface area contributed by atoms with E-state index < -0.39 is 0 Å². The Morgan fingerprint density at radius 1 is 1.19 bits per heavy atom. The van der Waals surface area contributed by atoms with Crippen molar-refractivity contribution < 1.29 is 13.9 Å². The Balaban J connectivity index is 1.76. The molecule has 0 saturated heterocycles. The normalized spacial score (nSPS) is 10.7. The number of nitrogens with one attached hydrogen (secondary N) is 1. The molecule has 0 aliphatic heterocycles. The smallest absolute Gasteiger partial charge is 0.260 e. The molecule has 3 rings (SSSR count). The van der Waals surface area contributed by atoms with Crippen LogP contribution in [0.25, 0.3) is 0 Å². The molecule has 1 heterocycles. The van der Waals surface area contributed by atoms with Gasteiger partial charge in [-0.2, -0.15) is 5.10 Å². The minimum absolute atomic E-state index is 0.236. The molecular weight excluding hydrogens is 369 g/mol. The van der Waals surface area contributed by atoms with E-state index in [1.54, 1.807) is 43.3 Å². The van der Waals surface area contributed by atoms with Gasteiger partial charge in [-0.05, 0) is 55.8 Å². The third-order valence-corrected chi connectivity index (χ3v) is 4.35. The second-order valence-corrected chi connectivity index (χ2v) is 6.30. The number of rotatable bonds is 6. The Morgan fingerprint density at radius 2 is 1.85 bits per heavy atom. The number of hydrogen-bond donors (Lipinski definition) is 1. The zero-order chi connectivity index (χ0) is 19.4. The number of ether oxygens (including phenoxy) is 1. The predicted octanol–water partition coefficient (Wildman–Crippen LogP) is 4.68. The summed E-state index contributed by atoms with van der Waals surface area (Å²) in [6.45, 7) is 4.55. The molecule has 0 bridgehead atoms. The second-order valence-electron chi connectivity index (χ2n) is 5.95. The highest BCUT2D eigenvalue weighted by Crippen LogP contribution is 2.23. The topological polar surface area (TPSA) is 56.1 Å². The molecule has 1 aromatic heterocycles. The lowest BCUT2D eigenvalue weighted by Crippen LogP contribution is -2.13. The van der Waals surface area contributed by atoms with Crippen LogP contribution in [0, 0.1) is 12.7 Å². The second kappa shape index (κ2) is 8.22. The number of carbonyl (C=O) groups is 1. The number of nitrogens with zero attached hydrogens (tertiary/aromatic N) is 2. The van der Waals surface area contributed by atoms with Gasteiger partial charge in [0.05, 0.1) is 24.4 Å². The summed E-state index contributed by atoms with van der Waals surface area (Å²) in [5.74, 6) is 0.0840. The van der Waals surface area contributed by atoms with E-state index in [1.165, 1.54) is 16.8 Å². The first-order valence-electron chi connectivity index (χ1n) is 8.49. The fraction of sp³-hybridized carbons (Fsp3) is 0.200. The van der Waals surface area contributed by atoms with E-state index >= 15 is 0 Å². The van der Waals surface area contributed by atoms with Gasteiger partial charge in [0, 0.05) is 5.69 Å². The van der Waals surface area contributed by atoms with Crippen molar-refractivity contribution in [3.8, 4) is 5.75 Å². The van der Waals surface area contributed by atoms with Crippen LogP contribution in [0.2, 0.25) is 5.15 Å². The van der Waals surface area contributed by atoms with Crippen molar-refractivity contribution in [2.24, 2.45) is 0 Å². The highest BCUT2D eigenvalue weighted by atomic mass is 35.5. The maximum absolute atomic E-state index is 13.0. The first kappa shape index (κ1) is 18.9. The van der Waals surface area contributed by atoms with Gasteiger partial charge in [-0.1, -0.05) is 23.7 Å². The monoisotopic (exact) mass is 387 g/mol. The molecule has 5 nitrogen and oxygen atoms in total. The van der Waals surface area contributed by atoms with E-state index in [9.17, 15) is 9.18 Å². The minimum atomic E-state index is -0.341. The molecule has 0 aliphatic rings. The van der Waals surface area contributed by atoms with Gasteiger partial charge in [0.25, 0.3) is 5.91 Å². The van der Waals surface area contributed by atoms with Crippen molar-refractivity contribution in [2.45, 2.75) is 20.4 Å². The Labute approximate surface area is 161 Å². The summed E-state index contributed by atoms with van der Waals surface area (Å²) >= 11 is 6.38. The van der Waals surface area contributed by atoms with Crippen LogP contribution in [0.3, 0.4) is 0 Å². The molecule has 140 valence electrons. The quantitative estimate of drug-likeness (QED) is 0.668. The van der Waals surface area contributed by atoms with Crippen molar-refractivity contribution in [1.29, 1.82) is 0 Å². The van der Waals surface area contributed by atoms with Gasteiger partial charge in [-0.3, -0.25) is 4.79 Å². The Bertz CT molecular complexity index is 937. The van der Waals surface area contributed by atoms with Crippen LogP contribution in [-0.4, -0.2) is 22.3 Å². The van der Waals surface area contributed by atoms with Crippen LogP contribution in [0.15, 0.2) is 48.5 Å². The molecule has 0 aliphatic carbocycles.